The van der Waals surface area contributed by atoms with Gasteiger partial charge in [-0.05, 0) is 43.0 Å². The molecule has 132 valence electrons. The van der Waals surface area contributed by atoms with E-state index in [1.165, 1.54) is 12.0 Å². The third-order valence-corrected chi connectivity index (χ3v) is 4.85. The van der Waals surface area contributed by atoms with Gasteiger partial charge in [-0.25, -0.2) is 0 Å². The maximum atomic E-state index is 11.8. The number of nitrogens with zero attached hydrogens (tertiary/aromatic N) is 2. The van der Waals surface area contributed by atoms with E-state index in [-0.39, 0.29) is 12.4 Å². The molecule has 4 rings (SSSR count). The number of halogens is 1. The number of piperidine rings is 1. The van der Waals surface area contributed by atoms with Crippen LogP contribution in [-0.4, -0.2) is 33.8 Å². The largest absolute Gasteiger partial charge is 0.366 e. The third kappa shape index (κ3) is 3.15. The minimum atomic E-state index is -0.409. The van der Waals surface area contributed by atoms with E-state index in [1.54, 1.807) is 4.68 Å². The van der Waals surface area contributed by atoms with Gasteiger partial charge in [-0.3, -0.25) is 9.48 Å². The van der Waals surface area contributed by atoms with E-state index in [2.05, 4.69) is 27.5 Å². The summed E-state index contributed by atoms with van der Waals surface area (Å²) < 4.78 is 1.77. The summed E-state index contributed by atoms with van der Waals surface area (Å²) in [5, 5.41) is 8.77. The SMILES string of the molecule is Cl.Cn1cc(-c2cc3c(C4CCCNC4)ccc(C(N)=O)c3[nH]2)cn1. The molecule has 1 aliphatic rings. The number of hydrogen-bond acceptors (Lipinski definition) is 3. The summed E-state index contributed by atoms with van der Waals surface area (Å²) in [5.41, 5.74) is 10.2. The van der Waals surface area contributed by atoms with Crippen molar-refractivity contribution in [1.29, 1.82) is 0 Å². The molecule has 0 bridgehead atoms. The maximum absolute atomic E-state index is 11.8. The van der Waals surface area contributed by atoms with Crippen LogP contribution in [0.5, 0.6) is 0 Å². The average Bonchev–Trinajstić information content (AvgIpc) is 3.20. The molecule has 1 atom stereocenters. The number of benzene rings is 1. The van der Waals surface area contributed by atoms with Gasteiger partial charge in [0.2, 0.25) is 0 Å². The summed E-state index contributed by atoms with van der Waals surface area (Å²) in [4.78, 5) is 15.2. The first-order valence-electron chi connectivity index (χ1n) is 8.28. The molecule has 1 saturated heterocycles. The average molecular weight is 360 g/mol. The molecule has 1 unspecified atom stereocenters. The summed E-state index contributed by atoms with van der Waals surface area (Å²) >= 11 is 0. The number of nitrogens with two attached hydrogens (primary N) is 1. The van der Waals surface area contributed by atoms with Crippen molar-refractivity contribution in [3.05, 3.63) is 41.7 Å². The molecule has 6 nitrogen and oxygen atoms in total. The van der Waals surface area contributed by atoms with Crippen molar-refractivity contribution in [3.8, 4) is 11.3 Å². The maximum Gasteiger partial charge on any atom is 0.250 e. The number of primary amides is 1. The fourth-order valence-electron chi connectivity index (χ4n) is 3.64. The van der Waals surface area contributed by atoms with Crippen molar-refractivity contribution in [2.24, 2.45) is 12.8 Å². The van der Waals surface area contributed by atoms with Crippen LogP contribution in [0, 0.1) is 0 Å². The van der Waals surface area contributed by atoms with Crippen molar-refractivity contribution in [2.75, 3.05) is 13.1 Å². The molecule has 1 aromatic carbocycles. The highest BCUT2D eigenvalue weighted by molar-refractivity contribution is 6.07. The molecule has 1 aliphatic heterocycles. The Kier molecular flexibility index (Phi) is 4.83. The molecule has 1 fully saturated rings. The lowest BCUT2D eigenvalue weighted by atomic mass is 9.88. The van der Waals surface area contributed by atoms with Gasteiger partial charge in [-0.2, -0.15) is 5.10 Å². The van der Waals surface area contributed by atoms with Crippen molar-refractivity contribution in [3.63, 3.8) is 0 Å². The van der Waals surface area contributed by atoms with Gasteiger partial charge in [0.1, 0.15) is 0 Å². The second kappa shape index (κ2) is 6.90. The van der Waals surface area contributed by atoms with E-state index in [1.807, 2.05) is 25.5 Å². The molecule has 25 heavy (non-hydrogen) atoms. The second-order valence-corrected chi connectivity index (χ2v) is 6.48. The zero-order chi connectivity index (χ0) is 16.7. The van der Waals surface area contributed by atoms with Crippen molar-refractivity contribution < 1.29 is 4.79 Å². The summed E-state index contributed by atoms with van der Waals surface area (Å²) in [5.74, 6) is 0.0497. The van der Waals surface area contributed by atoms with Gasteiger partial charge in [-0.15, -0.1) is 12.4 Å². The Morgan fingerprint density at radius 3 is 2.88 bits per heavy atom. The smallest absolute Gasteiger partial charge is 0.250 e. The summed E-state index contributed by atoms with van der Waals surface area (Å²) in [6.07, 6.45) is 6.10. The van der Waals surface area contributed by atoms with Crippen LogP contribution in [0.15, 0.2) is 30.6 Å². The molecule has 0 radical (unpaired) electrons. The number of hydrogen-bond donors (Lipinski definition) is 3. The molecule has 0 aliphatic carbocycles. The number of aryl methyl sites for hydroxylation is 1. The van der Waals surface area contributed by atoms with Gasteiger partial charge >= 0.3 is 0 Å². The Labute approximate surface area is 152 Å². The van der Waals surface area contributed by atoms with Crippen LogP contribution in [0.2, 0.25) is 0 Å². The van der Waals surface area contributed by atoms with E-state index in [4.69, 9.17) is 5.73 Å². The quantitative estimate of drug-likeness (QED) is 0.671. The lowest BCUT2D eigenvalue weighted by molar-refractivity contribution is 0.100. The summed E-state index contributed by atoms with van der Waals surface area (Å²) in [6, 6.07) is 6.02. The standard InChI is InChI=1S/C18H21N5O.ClH/c1-23-10-12(9-21-23)16-7-15-13(11-3-2-6-20-8-11)4-5-14(18(19)24)17(15)22-16;/h4-5,7,9-11,20,22H,2-3,6,8H2,1H3,(H2,19,24);1H. The predicted octanol–water partition coefficient (Wildman–Crippen LogP) is 2.56. The lowest BCUT2D eigenvalue weighted by Gasteiger charge is -2.24. The van der Waals surface area contributed by atoms with E-state index >= 15 is 0 Å². The highest BCUT2D eigenvalue weighted by Gasteiger charge is 2.21. The molecule has 4 N–H and O–H groups in total. The normalized spacial score (nSPS) is 17.4. The predicted molar refractivity (Wildman–Crippen MR) is 101 cm³/mol. The number of H-pyrrole nitrogens is 1. The fourth-order valence-corrected chi connectivity index (χ4v) is 3.64. The second-order valence-electron chi connectivity index (χ2n) is 6.48. The molecule has 0 spiro atoms. The van der Waals surface area contributed by atoms with Gasteiger partial charge in [0.05, 0.1) is 17.3 Å². The zero-order valence-corrected chi connectivity index (χ0v) is 14.9. The fraction of sp³-hybridized carbons (Fsp3) is 0.333. The molecule has 0 saturated carbocycles. The van der Waals surface area contributed by atoms with Crippen LogP contribution in [0.3, 0.4) is 0 Å². The molecule has 2 aromatic heterocycles. The Balaban J connectivity index is 0.00000182. The molecule has 3 heterocycles. The van der Waals surface area contributed by atoms with Gasteiger partial charge in [-0.1, -0.05) is 6.07 Å². The number of fused-ring (bicyclic) bond motifs is 1. The topological polar surface area (TPSA) is 88.7 Å². The van der Waals surface area contributed by atoms with Crippen LogP contribution in [-0.2, 0) is 7.05 Å². The first kappa shape index (κ1) is 17.5. The Morgan fingerprint density at radius 1 is 1.40 bits per heavy atom. The molecule has 1 amide bonds. The molecule has 3 aromatic rings. The molecular weight excluding hydrogens is 338 g/mol. The van der Waals surface area contributed by atoms with Gasteiger partial charge in [0.25, 0.3) is 5.91 Å². The molecule has 7 heteroatoms. The highest BCUT2D eigenvalue weighted by atomic mass is 35.5. The number of rotatable bonds is 3. The summed E-state index contributed by atoms with van der Waals surface area (Å²) in [7, 11) is 1.89. The van der Waals surface area contributed by atoms with Crippen molar-refractivity contribution in [1.82, 2.24) is 20.1 Å². The van der Waals surface area contributed by atoms with E-state index in [0.29, 0.717) is 11.5 Å². The minimum absolute atomic E-state index is 0. The monoisotopic (exact) mass is 359 g/mol. The van der Waals surface area contributed by atoms with Crippen LogP contribution < -0.4 is 11.1 Å². The number of amides is 1. The van der Waals surface area contributed by atoms with Crippen LogP contribution in [0.4, 0.5) is 0 Å². The van der Waals surface area contributed by atoms with Gasteiger partial charge < -0.3 is 16.0 Å². The van der Waals surface area contributed by atoms with Gasteiger partial charge in [0.15, 0.2) is 0 Å². The highest BCUT2D eigenvalue weighted by Crippen LogP contribution is 2.34. The van der Waals surface area contributed by atoms with E-state index < -0.39 is 5.91 Å². The number of aromatic amines is 1. The lowest BCUT2D eigenvalue weighted by Crippen LogP contribution is -2.28. The van der Waals surface area contributed by atoms with Crippen LogP contribution >= 0.6 is 12.4 Å². The Bertz CT molecular complexity index is 907. The molecular formula is C18H22ClN5O. The van der Waals surface area contributed by atoms with E-state index in [0.717, 1.165) is 41.7 Å². The first-order valence-corrected chi connectivity index (χ1v) is 8.28. The number of aromatic nitrogens is 3. The van der Waals surface area contributed by atoms with Crippen LogP contribution in [0.25, 0.3) is 22.2 Å². The minimum Gasteiger partial charge on any atom is -0.366 e. The first-order chi connectivity index (χ1) is 11.6. The number of nitrogens with one attached hydrogen (secondary N) is 2. The number of carbonyl (C=O) groups excluding carboxylic acids is 1. The zero-order valence-electron chi connectivity index (χ0n) is 14.1. The number of carbonyl (C=O) groups is 1. The van der Waals surface area contributed by atoms with E-state index in [9.17, 15) is 4.79 Å². The van der Waals surface area contributed by atoms with Crippen molar-refractivity contribution in [2.45, 2.75) is 18.8 Å². The Morgan fingerprint density at radius 2 is 2.24 bits per heavy atom. The summed E-state index contributed by atoms with van der Waals surface area (Å²) in [6.45, 7) is 2.05. The van der Waals surface area contributed by atoms with Crippen molar-refractivity contribution >= 4 is 29.2 Å². The van der Waals surface area contributed by atoms with Gasteiger partial charge in [0, 0.05) is 36.4 Å². The third-order valence-electron chi connectivity index (χ3n) is 4.85. The Hall–Kier alpha value is -2.31. The van der Waals surface area contributed by atoms with Crippen LogP contribution in [0.1, 0.15) is 34.7 Å².